The van der Waals surface area contributed by atoms with Crippen LogP contribution in [0.1, 0.15) is 6.92 Å². The Morgan fingerprint density at radius 3 is 2.83 bits per heavy atom. The fraction of sp³-hybridized carbons (Fsp3) is 0.444. The highest BCUT2D eigenvalue weighted by Crippen LogP contribution is 1.94. The highest BCUT2D eigenvalue weighted by molar-refractivity contribution is 4.82. The van der Waals surface area contributed by atoms with Crippen LogP contribution in [0, 0.1) is 0 Å². The predicted octanol–water partition coefficient (Wildman–Crippen LogP) is 1.83. The van der Waals surface area contributed by atoms with Crippen molar-refractivity contribution in [2.45, 2.75) is 6.92 Å². The molecular formula is C9H14O3. The molecule has 0 aliphatic rings. The molecule has 3 heteroatoms. The van der Waals surface area contributed by atoms with Crippen molar-refractivity contribution in [2.75, 3.05) is 20.3 Å². The summed E-state index contributed by atoms with van der Waals surface area (Å²) in [6.45, 7) is 6.39. The van der Waals surface area contributed by atoms with E-state index in [1.807, 2.05) is 6.92 Å². The molecule has 0 unspecified atom stereocenters. The molecule has 0 N–H and O–H groups in total. The Bertz CT molecular complexity index is 178. The molecule has 0 aromatic carbocycles. The highest BCUT2D eigenvalue weighted by atomic mass is 16.7. The minimum atomic E-state index is 0.295. The summed E-state index contributed by atoms with van der Waals surface area (Å²) in [5, 5.41) is 0. The Balaban J connectivity index is 3.93. The first kappa shape index (κ1) is 10.7. The lowest BCUT2D eigenvalue weighted by Gasteiger charge is -2.02. The molecule has 0 rings (SSSR count). The standard InChI is InChI=1S/C9H14O3/c1-4-7-12-9(10-3)6-8-11-5-2/h4,8H,1,5,7H2,2-3H3. The van der Waals surface area contributed by atoms with Crippen LogP contribution in [-0.4, -0.2) is 20.3 Å². The van der Waals surface area contributed by atoms with Crippen LogP contribution in [0.2, 0.25) is 0 Å². The van der Waals surface area contributed by atoms with Crippen LogP contribution in [0.5, 0.6) is 0 Å². The van der Waals surface area contributed by atoms with Crippen LogP contribution in [-0.2, 0) is 14.2 Å². The maximum absolute atomic E-state index is 5.04. The van der Waals surface area contributed by atoms with Gasteiger partial charge in [0.1, 0.15) is 12.9 Å². The molecule has 12 heavy (non-hydrogen) atoms. The van der Waals surface area contributed by atoms with Crippen molar-refractivity contribution in [1.29, 1.82) is 0 Å². The second-order valence-electron chi connectivity index (χ2n) is 1.81. The number of ether oxygens (including phenoxy) is 3. The second kappa shape index (κ2) is 7.76. The van der Waals surface area contributed by atoms with Gasteiger partial charge in [-0.25, -0.2) is 0 Å². The lowest BCUT2D eigenvalue weighted by molar-refractivity contribution is 0.0772. The minimum Gasteiger partial charge on any atom is -0.493 e. The molecule has 0 aromatic heterocycles. The van der Waals surface area contributed by atoms with Gasteiger partial charge in [-0.05, 0) is 6.92 Å². The van der Waals surface area contributed by atoms with E-state index >= 15 is 0 Å². The first-order valence-electron chi connectivity index (χ1n) is 3.69. The van der Waals surface area contributed by atoms with Crippen molar-refractivity contribution in [2.24, 2.45) is 0 Å². The van der Waals surface area contributed by atoms with Gasteiger partial charge in [-0.1, -0.05) is 12.7 Å². The van der Waals surface area contributed by atoms with Gasteiger partial charge < -0.3 is 14.2 Å². The van der Waals surface area contributed by atoms with Crippen LogP contribution < -0.4 is 0 Å². The summed E-state index contributed by atoms with van der Waals surface area (Å²) in [5.74, 6) is 0.295. The van der Waals surface area contributed by atoms with Gasteiger partial charge >= 0.3 is 5.95 Å². The molecule has 0 saturated carbocycles. The van der Waals surface area contributed by atoms with Gasteiger partial charge in [0.2, 0.25) is 0 Å². The molecule has 0 atom stereocenters. The van der Waals surface area contributed by atoms with Crippen molar-refractivity contribution >= 4 is 0 Å². The molecule has 3 nitrogen and oxygen atoms in total. The largest absolute Gasteiger partial charge is 0.493 e. The van der Waals surface area contributed by atoms with E-state index in [2.05, 4.69) is 12.3 Å². The topological polar surface area (TPSA) is 27.7 Å². The Morgan fingerprint density at radius 2 is 2.33 bits per heavy atom. The first-order chi connectivity index (χ1) is 5.85. The molecule has 0 heterocycles. The van der Waals surface area contributed by atoms with E-state index in [4.69, 9.17) is 14.2 Å². The molecule has 0 bridgehead atoms. The highest BCUT2D eigenvalue weighted by Gasteiger charge is 1.90. The molecule has 0 aliphatic heterocycles. The molecule has 0 aromatic rings. The summed E-state index contributed by atoms with van der Waals surface area (Å²) in [7, 11) is 1.51. The van der Waals surface area contributed by atoms with E-state index in [-0.39, 0.29) is 0 Å². The smallest absolute Gasteiger partial charge is 0.330 e. The molecule has 68 valence electrons. The molecule has 0 fully saturated rings. The number of rotatable bonds is 6. The lowest BCUT2D eigenvalue weighted by Crippen LogP contribution is -1.92. The van der Waals surface area contributed by atoms with E-state index in [0.29, 0.717) is 19.2 Å². The van der Waals surface area contributed by atoms with E-state index < -0.39 is 0 Å². The Labute approximate surface area is 72.9 Å². The van der Waals surface area contributed by atoms with E-state index in [1.165, 1.54) is 13.4 Å². The minimum absolute atomic E-state index is 0.295. The van der Waals surface area contributed by atoms with Crippen LogP contribution in [0.4, 0.5) is 0 Å². The van der Waals surface area contributed by atoms with Crippen LogP contribution in [0.3, 0.4) is 0 Å². The summed E-state index contributed by atoms with van der Waals surface area (Å²) in [4.78, 5) is 0. The van der Waals surface area contributed by atoms with Gasteiger partial charge in [-0.3, -0.25) is 0 Å². The number of hydrogen-bond donors (Lipinski definition) is 0. The predicted molar refractivity (Wildman–Crippen MR) is 46.4 cm³/mol. The Morgan fingerprint density at radius 1 is 1.58 bits per heavy atom. The molecule has 0 radical (unpaired) electrons. The maximum Gasteiger partial charge on any atom is 0.330 e. The Hall–Kier alpha value is -1.34. The quantitative estimate of drug-likeness (QED) is 0.346. The van der Waals surface area contributed by atoms with Crippen LogP contribution >= 0.6 is 0 Å². The molecular weight excluding hydrogens is 156 g/mol. The maximum atomic E-state index is 5.04. The summed E-state index contributed by atoms with van der Waals surface area (Å²) in [6, 6.07) is 0. The summed E-state index contributed by atoms with van der Waals surface area (Å²) in [5.41, 5.74) is 2.68. The monoisotopic (exact) mass is 170 g/mol. The zero-order chi connectivity index (χ0) is 9.23. The van der Waals surface area contributed by atoms with Crippen molar-refractivity contribution in [3.05, 3.63) is 30.6 Å². The summed E-state index contributed by atoms with van der Waals surface area (Å²) < 4.78 is 14.8. The van der Waals surface area contributed by atoms with Gasteiger partial charge in [-0.2, -0.15) is 0 Å². The third kappa shape index (κ3) is 5.45. The Kier molecular flexibility index (Phi) is 6.90. The normalized spacial score (nSPS) is 7.83. The molecule has 0 aliphatic carbocycles. The molecule has 0 saturated heterocycles. The van der Waals surface area contributed by atoms with Crippen molar-refractivity contribution in [1.82, 2.24) is 0 Å². The van der Waals surface area contributed by atoms with Crippen molar-refractivity contribution < 1.29 is 14.2 Å². The zero-order valence-corrected chi connectivity index (χ0v) is 7.50. The van der Waals surface area contributed by atoms with Gasteiger partial charge in [0, 0.05) is 5.73 Å². The molecule has 0 spiro atoms. The van der Waals surface area contributed by atoms with Crippen LogP contribution in [0.15, 0.2) is 30.6 Å². The number of hydrogen-bond acceptors (Lipinski definition) is 3. The zero-order valence-electron chi connectivity index (χ0n) is 7.50. The van der Waals surface area contributed by atoms with Gasteiger partial charge in [-0.15, -0.1) is 0 Å². The van der Waals surface area contributed by atoms with E-state index in [1.54, 1.807) is 6.08 Å². The van der Waals surface area contributed by atoms with Gasteiger partial charge in [0.15, 0.2) is 0 Å². The van der Waals surface area contributed by atoms with Crippen molar-refractivity contribution in [3.8, 4) is 0 Å². The third-order valence-corrected chi connectivity index (χ3v) is 0.944. The first-order valence-corrected chi connectivity index (χ1v) is 3.69. The lowest BCUT2D eigenvalue weighted by atomic mass is 10.7. The van der Waals surface area contributed by atoms with Crippen molar-refractivity contribution in [3.63, 3.8) is 0 Å². The number of methoxy groups -OCH3 is 1. The average molecular weight is 170 g/mol. The van der Waals surface area contributed by atoms with Gasteiger partial charge in [0.25, 0.3) is 0 Å². The summed E-state index contributed by atoms with van der Waals surface area (Å²) in [6.07, 6.45) is 3.03. The second-order valence-corrected chi connectivity index (χ2v) is 1.81. The fourth-order valence-electron chi connectivity index (χ4n) is 0.467. The average Bonchev–Trinajstić information content (AvgIpc) is 2.11. The fourth-order valence-corrected chi connectivity index (χ4v) is 0.467. The third-order valence-electron chi connectivity index (χ3n) is 0.944. The molecule has 0 amide bonds. The SMILES string of the molecule is C=CCOC(=C=COCC)OC. The summed E-state index contributed by atoms with van der Waals surface area (Å²) >= 11 is 0. The van der Waals surface area contributed by atoms with Gasteiger partial charge in [0.05, 0.1) is 13.7 Å². The van der Waals surface area contributed by atoms with E-state index in [0.717, 1.165) is 0 Å². The van der Waals surface area contributed by atoms with E-state index in [9.17, 15) is 0 Å². The van der Waals surface area contributed by atoms with Crippen LogP contribution in [0.25, 0.3) is 0 Å².